The van der Waals surface area contributed by atoms with Gasteiger partial charge in [0.1, 0.15) is 16.7 Å². The highest BCUT2D eigenvalue weighted by molar-refractivity contribution is 6.29. The van der Waals surface area contributed by atoms with Crippen molar-refractivity contribution in [3.8, 4) is 22.8 Å². The number of hydrogen-bond acceptors (Lipinski definition) is 7. The van der Waals surface area contributed by atoms with Gasteiger partial charge < -0.3 is 19.3 Å². The standard InChI is InChI=1S/C22H22ClN5O3/c1-30-18-7-6-15(12-19(18)31-2)16-4-3-5-17(25-16)22(29)28-10-8-27(9-11-28)21-14-24-13-20(23)26-21/h3-7,12-14H,8-11H2,1-2H3. The Hall–Kier alpha value is -3.39. The molecule has 3 heterocycles. The maximum atomic E-state index is 13.1. The molecule has 0 spiro atoms. The summed E-state index contributed by atoms with van der Waals surface area (Å²) in [6.45, 7) is 2.43. The Morgan fingerprint density at radius 2 is 1.74 bits per heavy atom. The summed E-state index contributed by atoms with van der Waals surface area (Å²) in [4.78, 5) is 29.9. The largest absolute Gasteiger partial charge is 0.493 e. The molecule has 1 amide bonds. The van der Waals surface area contributed by atoms with Gasteiger partial charge in [0.15, 0.2) is 11.5 Å². The zero-order valence-electron chi connectivity index (χ0n) is 17.3. The fraction of sp³-hybridized carbons (Fsp3) is 0.273. The summed E-state index contributed by atoms with van der Waals surface area (Å²) in [5.74, 6) is 1.87. The average molecular weight is 440 g/mol. The lowest BCUT2D eigenvalue weighted by Gasteiger charge is -2.35. The highest BCUT2D eigenvalue weighted by atomic mass is 35.5. The third-order valence-corrected chi connectivity index (χ3v) is 5.31. The minimum absolute atomic E-state index is 0.0980. The van der Waals surface area contributed by atoms with E-state index >= 15 is 0 Å². The summed E-state index contributed by atoms with van der Waals surface area (Å²) in [7, 11) is 3.18. The van der Waals surface area contributed by atoms with E-state index in [1.807, 2.05) is 30.3 Å². The molecule has 4 rings (SSSR count). The van der Waals surface area contributed by atoms with Crippen molar-refractivity contribution < 1.29 is 14.3 Å². The molecule has 1 fully saturated rings. The van der Waals surface area contributed by atoms with Crippen LogP contribution in [0.2, 0.25) is 5.15 Å². The van der Waals surface area contributed by atoms with E-state index in [9.17, 15) is 4.79 Å². The normalized spacial score (nSPS) is 13.8. The molecule has 1 aliphatic heterocycles. The first-order valence-corrected chi connectivity index (χ1v) is 10.2. The van der Waals surface area contributed by atoms with E-state index < -0.39 is 0 Å². The number of nitrogens with zero attached hydrogens (tertiary/aromatic N) is 5. The first-order chi connectivity index (χ1) is 15.1. The van der Waals surface area contributed by atoms with E-state index in [1.54, 1.807) is 31.4 Å². The third kappa shape index (κ3) is 4.54. The van der Waals surface area contributed by atoms with Crippen molar-refractivity contribution in [2.45, 2.75) is 0 Å². The van der Waals surface area contributed by atoms with Gasteiger partial charge in [-0.25, -0.2) is 9.97 Å². The molecule has 1 aliphatic rings. The number of carbonyl (C=O) groups is 1. The van der Waals surface area contributed by atoms with Gasteiger partial charge in [0.25, 0.3) is 5.91 Å². The molecule has 0 bridgehead atoms. The summed E-state index contributed by atoms with van der Waals surface area (Å²) in [6.07, 6.45) is 3.18. The topological polar surface area (TPSA) is 80.7 Å². The van der Waals surface area contributed by atoms with Gasteiger partial charge in [-0.1, -0.05) is 17.7 Å². The van der Waals surface area contributed by atoms with Crippen LogP contribution < -0.4 is 14.4 Å². The zero-order chi connectivity index (χ0) is 21.8. The Bertz CT molecular complexity index is 1090. The van der Waals surface area contributed by atoms with E-state index in [0.717, 1.165) is 5.56 Å². The predicted molar refractivity (Wildman–Crippen MR) is 118 cm³/mol. The summed E-state index contributed by atoms with van der Waals surface area (Å²) < 4.78 is 10.7. The van der Waals surface area contributed by atoms with Gasteiger partial charge in [0.2, 0.25) is 0 Å². The summed E-state index contributed by atoms with van der Waals surface area (Å²) in [5.41, 5.74) is 1.94. The van der Waals surface area contributed by atoms with Crippen LogP contribution in [-0.2, 0) is 0 Å². The SMILES string of the molecule is COc1ccc(-c2cccc(C(=O)N3CCN(c4cncc(Cl)n4)CC3)n2)cc1OC. The lowest BCUT2D eigenvalue weighted by molar-refractivity contribution is 0.0740. The highest BCUT2D eigenvalue weighted by Gasteiger charge is 2.24. The molecular formula is C22H22ClN5O3. The van der Waals surface area contributed by atoms with Gasteiger partial charge in [-0.15, -0.1) is 0 Å². The van der Waals surface area contributed by atoms with Crippen molar-refractivity contribution in [3.63, 3.8) is 0 Å². The van der Waals surface area contributed by atoms with Crippen molar-refractivity contribution in [2.75, 3.05) is 45.3 Å². The van der Waals surface area contributed by atoms with Crippen molar-refractivity contribution in [3.05, 3.63) is 59.6 Å². The van der Waals surface area contributed by atoms with Crippen LogP contribution in [0.4, 0.5) is 5.82 Å². The number of pyridine rings is 1. The predicted octanol–water partition coefficient (Wildman–Crippen LogP) is 3.17. The van der Waals surface area contributed by atoms with Crippen molar-refractivity contribution in [1.29, 1.82) is 0 Å². The molecule has 0 N–H and O–H groups in total. The number of methoxy groups -OCH3 is 2. The second-order valence-electron chi connectivity index (χ2n) is 6.96. The summed E-state index contributed by atoms with van der Waals surface area (Å²) in [5, 5.41) is 0.354. The zero-order valence-corrected chi connectivity index (χ0v) is 18.0. The molecule has 1 saturated heterocycles. The second-order valence-corrected chi connectivity index (χ2v) is 7.34. The van der Waals surface area contributed by atoms with Gasteiger partial charge in [0, 0.05) is 31.7 Å². The Kier molecular flexibility index (Phi) is 6.18. The van der Waals surface area contributed by atoms with Crippen molar-refractivity contribution >= 4 is 23.3 Å². The fourth-order valence-corrected chi connectivity index (χ4v) is 3.64. The van der Waals surface area contributed by atoms with Crippen LogP contribution in [0.1, 0.15) is 10.5 Å². The monoisotopic (exact) mass is 439 g/mol. The van der Waals surface area contributed by atoms with Crippen LogP contribution >= 0.6 is 11.6 Å². The Morgan fingerprint density at radius 3 is 2.45 bits per heavy atom. The lowest BCUT2D eigenvalue weighted by atomic mass is 10.1. The smallest absolute Gasteiger partial charge is 0.272 e. The van der Waals surface area contributed by atoms with Crippen LogP contribution in [0, 0.1) is 0 Å². The molecule has 1 aromatic carbocycles. The van der Waals surface area contributed by atoms with Crippen molar-refractivity contribution in [1.82, 2.24) is 19.9 Å². The molecule has 0 saturated carbocycles. The van der Waals surface area contributed by atoms with Gasteiger partial charge in [-0.3, -0.25) is 9.78 Å². The molecule has 8 nitrogen and oxygen atoms in total. The minimum atomic E-state index is -0.0980. The number of amides is 1. The van der Waals surface area contributed by atoms with Gasteiger partial charge in [0.05, 0.1) is 32.3 Å². The van der Waals surface area contributed by atoms with E-state index in [0.29, 0.717) is 60.0 Å². The highest BCUT2D eigenvalue weighted by Crippen LogP contribution is 2.31. The Balaban J connectivity index is 1.48. The number of benzene rings is 1. The van der Waals surface area contributed by atoms with Gasteiger partial charge in [-0.2, -0.15) is 0 Å². The number of ether oxygens (including phenoxy) is 2. The molecule has 0 radical (unpaired) electrons. The van der Waals surface area contributed by atoms with Crippen molar-refractivity contribution in [2.24, 2.45) is 0 Å². The molecule has 2 aromatic heterocycles. The van der Waals surface area contributed by atoms with Crippen LogP contribution in [0.5, 0.6) is 11.5 Å². The van der Waals surface area contributed by atoms with Crippen LogP contribution in [0.3, 0.4) is 0 Å². The number of halogens is 1. The van der Waals surface area contributed by atoms with E-state index in [-0.39, 0.29) is 5.91 Å². The third-order valence-electron chi connectivity index (χ3n) is 5.13. The minimum Gasteiger partial charge on any atom is -0.493 e. The van der Waals surface area contributed by atoms with Gasteiger partial charge >= 0.3 is 0 Å². The van der Waals surface area contributed by atoms with Crippen LogP contribution in [0.25, 0.3) is 11.3 Å². The molecule has 0 aliphatic carbocycles. The maximum absolute atomic E-state index is 13.1. The lowest BCUT2D eigenvalue weighted by Crippen LogP contribution is -2.49. The number of carbonyl (C=O) groups excluding carboxylic acids is 1. The van der Waals surface area contributed by atoms with E-state index in [4.69, 9.17) is 21.1 Å². The van der Waals surface area contributed by atoms with E-state index in [1.165, 1.54) is 6.20 Å². The summed E-state index contributed by atoms with van der Waals surface area (Å²) >= 11 is 5.94. The molecular weight excluding hydrogens is 418 g/mol. The Labute approximate surface area is 185 Å². The number of hydrogen-bond donors (Lipinski definition) is 0. The number of rotatable bonds is 5. The van der Waals surface area contributed by atoms with E-state index in [2.05, 4.69) is 19.9 Å². The van der Waals surface area contributed by atoms with Crippen LogP contribution in [0.15, 0.2) is 48.8 Å². The first kappa shape index (κ1) is 20.9. The Morgan fingerprint density at radius 1 is 0.968 bits per heavy atom. The number of anilines is 1. The average Bonchev–Trinajstić information content (AvgIpc) is 2.83. The maximum Gasteiger partial charge on any atom is 0.272 e. The summed E-state index contributed by atoms with van der Waals surface area (Å²) in [6, 6.07) is 11.0. The van der Waals surface area contributed by atoms with Crippen LogP contribution in [-0.4, -0.2) is 66.2 Å². The number of piperazine rings is 1. The molecule has 31 heavy (non-hydrogen) atoms. The number of aromatic nitrogens is 3. The van der Waals surface area contributed by atoms with Gasteiger partial charge in [-0.05, 0) is 30.3 Å². The molecule has 0 atom stereocenters. The second kappa shape index (κ2) is 9.18. The fourth-order valence-electron chi connectivity index (χ4n) is 3.50. The molecule has 9 heteroatoms. The molecule has 0 unspecified atom stereocenters. The molecule has 3 aromatic rings. The molecule has 160 valence electrons. The first-order valence-electron chi connectivity index (χ1n) is 9.80. The quantitative estimate of drug-likeness (QED) is 0.604.